The van der Waals surface area contributed by atoms with Crippen LogP contribution in [0.15, 0.2) is 31.0 Å². The fraction of sp³-hybridized carbons (Fsp3) is 0.500. The number of hydrogen-bond donors (Lipinski definition) is 1. The molecule has 0 bridgehead atoms. The average Bonchev–Trinajstić information content (AvgIpc) is 2.75. The van der Waals surface area contributed by atoms with Crippen LogP contribution in [-0.2, 0) is 13.6 Å². The van der Waals surface area contributed by atoms with Crippen LogP contribution >= 0.6 is 0 Å². The van der Waals surface area contributed by atoms with Crippen molar-refractivity contribution in [3.8, 4) is 0 Å². The molecular formula is C14H23N3O. The van der Waals surface area contributed by atoms with Gasteiger partial charge in [0.1, 0.15) is 0 Å². The highest BCUT2D eigenvalue weighted by Gasteiger charge is 2.12. The molecule has 1 heterocycles. The van der Waals surface area contributed by atoms with Crippen molar-refractivity contribution in [2.45, 2.75) is 26.3 Å². The van der Waals surface area contributed by atoms with Crippen molar-refractivity contribution in [2.75, 3.05) is 13.1 Å². The molecule has 2 amide bonds. The molecule has 1 aromatic rings. The molecule has 0 aliphatic heterocycles. The van der Waals surface area contributed by atoms with E-state index in [1.807, 2.05) is 29.9 Å². The van der Waals surface area contributed by atoms with Gasteiger partial charge in [0.2, 0.25) is 0 Å². The topological polar surface area (TPSA) is 37.3 Å². The van der Waals surface area contributed by atoms with Crippen LogP contribution in [0.5, 0.6) is 0 Å². The van der Waals surface area contributed by atoms with E-state index in [0.717, 1.165) is 25.1 Å². The average molecular weight is 249 g/mol. The van der Waals surface area contributed by atoms with Gasteiger partial charge < -0.3 is 14.8 Å². The summed E-state index contributed by atoms with van der Waals surface area (Å²) in [5.74, 6) is 0. The summed E-state index contributed by atoms with van der Waals surface area (Å²) >= 11 is 0. The third-order valence-corrected chi connectivity index (χ3v) is 2.85. The van der Waals surface area contributed by atoms with Gasteiger partial charge in [-0.1, -0.05) is 19.4 Å². The van der Waals surface area contributed by atoms with E-state index in [1.165, 1.54) is 0 Å². The number of hydrogen-bond acceptors (Lipinski definition) is 1. The van der Waals surface area contributed by atoms with Crippen molar-refractivity contribution in [3.05, 3.63) is 36.7 Å². The monoisotopic (exact) mass is 249 g/mol. The van der Waals surface area contributed by atoms with E-state index < -0.39 is 0 Å². The molecule has 0 radical (unpaired) electrons. The molecule has 0 fully saturated rings. The second-order valence-corrected chi connectivity index (χ2v) is 4.37. The number of nitrogens with one attached hydrogen (secondary N) is 1. The lowest BCUT2D eigenvalue weighted by atomic mass is 10.3. The van der Waals surface area contributed by atoms with Gasteiger partial charge in [-0.15, -0.1) is 6.58 Å². The lowest BCUT2D eigenvalue weighted by Gasteiger charge is -2.22. The van der Waals surface area contributed by atoms with Crippen molar-refractivity contribution in [2.24, 2.45) is 7.05 Å². The molecule has 4 nitrogen and oxygen atoms in total. The molecule has 0 unspecified atom stereocenters. The zero-order chi connectivity index (χ0) is 13.4. The quantitative estimate of drug-likeness (QED) is 0.585. The summed E-state index contributed by atoms with van der Waals surface area (Å²) in [6.45, 7) is 7.71. The lowest BCUT2D eigenvalue weighted by Crippen LogP contribution is -2.40. The SMILES string of the molecule is C=CCN(Cc1cccn1C)C(=O)NCCCC. The molecule has 0 atom stereocenters. The number of amides is 2. The van der Waals surface area contributed by atoms with Crippen LogP contribution < -0.4 is 5.32 Å². The molecule has 0 aliphatic carbocycles. The highest BCUT2D eigenvalue weighted by molar-refractivity contribution is 5.74. The maximum atomic E-state index is 12.0. The Morgan fingerprint density at radius 1 is 1.61 bits per heavy atom. The molecule has 0 aromatic carbocycles. The molecule has 0 spiro atoms. The third kappa shape index (κ3) is 4.28. The summed E-state index contributed by atoms with van der Waals surface area (Å²) in [6.07, 6.45) is 5.83. The smallest absolute Gasteiger partial charge is 0.318 e. The van der Waals surface area contributed by atoms with Crippen LogP contribution in [0.25, 0.3) is 0 Å². The molecule has 0 saturated heterocycles. The van der Waals surface area contributed by atoms with Gasteiger partial charge in [-0.2, -0.15) is 0 Å². The Kier molecular flexibility index (Phi) is 6.05. The van der Waals surface area contributed by atoms with Gasteiger partial charge in [0.25, 0.3) is 0 Å². The van der Waals surface area contributed by atoms with Gasteiger partial charge in [0.05, 0.1) is 6.54 Å². The molecular weight excluding hydrogens is 226 g/mol. The zero-order valence-corrected chi connectivity index (χ0v) is 11.4. The van der Waals surface area contributed by atoms with Crippen molar-refractivity contribution >= 4 is 6.03 Å². The van der Waals surface area contributed by atoms with Crippen molar-refractivity contribution in [1.82, 2.24) is 14.8 Å². The summed E-state index contributed by atoms with van der Waals surface area (Å²) < 4.78 is 2.02. The van der Waals surface area contributed by atoms with Gasteiger partial charge >= 0.3 is 6.03 Å². The molecule has 4 heteroatoms. The van der Waals surface area contributed by atoms with E-state index in [2.05, 4.69) is 18.8 Å². The standard InChI is InChI=1S/C14H23N3O/c1-4-6-9-15-14(18)17(10-5-2)12-13-8-7-11-16(13)3/h5,7-8,11H,2,4,6,9-10,12H2,1,3H3,(H,15,18). The van der Waals surface area contributed by atoms with E-state index in [-0.39, 0.29) is 6.03 Å². The summed E-state index contributed by atoms with van der Waals surface area (Å²) in [4.78, 5) is 13.8. The lowest BCUT2D eigenvalue weighted by molar-refractivity contribution is 0.200. The molecule has 0 aliphatic rings. The Morgan fingerprint density at radius 2 is 2.39 bits per heavy atom. The second kappa shape index (κ2) is 7.58. The minimum absolute atomic E-state index is 0.0236. The number of carbonyl (C=O) groups is 1. The highest BCUT2D eigenvalue weighted by atomic mass is 16.2. The van der Waals surface area contributed by atoms with Gasteiger partial charge in [-0.3, -0.25) is 0 Å². The first kappa shape index (κ1) is 14.4. The molecule has 18 heavy (non-hydrogen) atoms. The predicted octanol–water partition coefficient (Wildman–Crippen LogP) is 2.52. The number of unbranched alkanes of at least 4 members (excludes halogenated alkanes) is 1. The van der Waals surface area contributed by atoms with E-state index in [0.29, 0.717) is 13.1 Å². The summed E-state index contributed by atoms with van der Waals surface area (Å²) in [6, 6.07) is 3.98. The largest absolute Gasteiger partial charge is 0.353 e. The van der Waals surface area contributed by atoms with Gasteiger partial charge in [0.15, 0.2) is 0 Å². The maximum absolute atomic E-state index is 12.0. The van der Waals surface area contributed by atoms with Gasteiger partial charge in [-0.05, 0) is 18.6 Å². The minimum Gasteiger partial charge on any atom is -0.353 e. The number of nitrogens with zero attached hydrogens (tertiary/aromatic N) is 2. The van der Waals surface area contributed by atoms with Crippen molar-refractivity contribution < 1.29 is 4.79 Å². The molecule has 1 rings (SSSR count). The summed E-state index contributed by atoms with van der Waals surface area (Å²) in [5, 5.41) is 2.93. The first-order chi connectivity index (χ1) is 8.69. The number of aromatic nitrogens is 1. The number of carbonyl (C=O) groups excluding carboxylic acids is 1. The van der Waals surface area contributed by atoms with Crippen LogP contribution in [0.1, 0.15) is 25.5 Å². The van der Waals surface area contributed by atoms with E-state index >= 15 is 0 Å². The van der Waals surface area contributed by atoms with Gasteiger partial charge in [-0.25, -0.2) is 4.79 Å². The summed E-state index contributed by atoms with van der Waals surface area (Å²) in [7, 11) is 1.98. The minimum atomic E-state index is -0.0236. The van der Waals surface area contributed by atoms with Crippen LogP contribution in [0, 0.1) is 0 Å². The number of urea groups is 1. The third-order valence-electron chi connectivity index (χ3n) is 2.85. The number of rotatable bonds is 7. The Morgan fingerprint density at radius 3 is 2.94 bits per heavy atom. The first-order valence-corrected chi connectivity index (χ1v) is 6.43. The second-order valence-electron chi connectivity index (χ2n) is 4.37. The Hall–Kier alpha value is -1.71. The highest BCUT2D eigenvalue weighted by Crippen LogP contribution is 2.05. The maximum Gasteiger partial charge on any atom is 0.318 e. The Bertz CT molecular complexity index is 384. The number of aryl methyl sites for hydroxylation is 1. The van der Waals surface area contributed by atoms with Gasteiger partial charge in [0, 0.05) is 32.0 Å². The summed E-state index contributed by atoms with van der Waals surface area (Å²) in [5.41, 5.74) is 1.11. The van der Waals surface area contributed by atoms with E-state index in [9.17, 15) is 4.79 Å². The molecule has 1 aromatic heterocycles. The molecule has 100 valence electrons. The Balaban J connectivity index is 2.56. The zero-order valence-electron chi connectivity index (χ0n) is 11.4. The normalized spacial score (nSPS) is 10.1. The van der Waals surface area contributed by atoms with E-state index in [1.54, 1.807) is 11.0 Å². The fourth-order valence-corrected chi connectivity index (χ4v) is 1.72. The molecule has 0 saturated carbocycles. The van der Waals surface area contributed by atoms with Crippen LogP contribution in [-0.4, -0.2) is 28.6 Å². The van der Waals surface area contributed by atoms with Crippen LogP contribution in [0.4, 0.5) is 4.79 Å². The van der Waals surface area contributed by atoms with Crippen molar-refractivity contribution in [1.29, 1.82) is 0 Å². The molecule has 1 N–H and O–H groups in total. The first-order valence-electron chi connectivity index (χ1n) is 6.43. The predicted molar refractivity (Wildman–Crippen MR) is 74.3 cm³/mol. The van der Waals surface area contributed by atoms with E-state index in [4.69, 9.17) is 0 Å². The van der Waals surface area contributed by atoms with Crippen LogP contribution in [0.3, 0.4) is 0 Å². The Labute approximate surface area is 109 Å². The van der Waals surface area contributed by atoms with Crippen molar-refractivity contribution in [3.63, 3.8) is 0 Å². The fourth-order valence-electron chi connectivity index (χ4n) is 1.72. The van der Waals surface area contributed by atoms with Crippen LogP contribution in [0.2, 0.25) is 0 Å².